The Balaban J connectivity index is 0.00000264. The fraction of sp³-hybridized carbons (Fsp3) is 0.333. The zero-order valence-corrected chi connectivity index (χ0v) is 15.9. The summed E-state index contributed by atoms with van der Waals surface area (Å²) >= 11 is 3.54. The number of rotatable bonds is 8. The van der Waals surface area contributed by atoms with Gasteiger partial charge in [0.15, 0.2) is 0 Å². The van der Waals surface area contributed by atoms with Gasteiger partial charge in [-0.15, -0.1) is 12.4 Å². The molecule has 2 rings (SSSR count). The van der Waals surface area contributed by atoms with E-state index in [1.165, 1.54) is 11.1 Å². The molecule has 0 aromatic heterocycles. The van der Waals surface area contributed by atoms with Crippen LogP contribution in [-0.2, 0) is 13.0 Å². The van der Waals surface area contributed by atoms with E-state index >= 15 is 0 Å². The van der Waals surface area contributed by atoms with E-state index in [2.05, 4.69) is 45.5 Å². The van der Waals surface area contributed by atoms with E-state index in [1.54, 1.807) is 7.11 Å². The quantitative estimate of drug-likeness (QED) is 0.656. The molecule has 0 aliphatic carbocycles. The maximum absolute atomic E-state index is 5.52. The summed E-state index contributed by atoms with van der Waals surface area (Å²) in [4.78, 5) is 0. The molecule has 0 atom stereocenters. The maximum Gasteiger partial charge on any atom is 0.133 e. The third kappa shape index (κ3) is 6.42. The van der Waals surface area contributed by atoms with Crippen LogP contribution in [0.3, 0.4) is 0 Å². The van der Waals surface area contributed by atoms with Crippen LogP contribution in [0.5, 0.6) is 11.5 Å². The molecule has 1 N–H and O–H groups in total. The van der Waals surface area contributed by atoms with Gasteiger partial charge in [-0.25, -0.2) is 0 Å². The Kier molecular flexibility index (Phi) is 9.07. The van der Waals surface area contributed by atoms with Crippen LogP contribution in [0, 0.1) is 0 Å². The van der Waals surface area contributed by atoms with E-state index in [0.29, 0.717) is 6.61 Å². The summed E-state index contributed by atoms with van der Waals surface area (Å²) in [6.45, 7) is 4.46. The smallest absolute Gasteiger partial charge is 0.133 e. The molecular weight excluding hydrogens is 378 g/mol. The molecule has 0 radical (unpaired) electrons. The average Bonchev–Trinajstić information content (AvgIpc) is 2.55. The van der Waals surface area contributed by atoms with Crippen molar-refractivity contribution in [2.75, 3.05) is 20.3 Å². The summed E-state index contributed by atoms with van der Waals surface area (Å²) in [5.74, 6) is 1.79. The Hall–Kier alpha value is -1.23. The van der Waals surface area contributed by atoms with Crippen LogP contribution in [0.4, 0.5) is 0 Å². The van der Waals surface area contributed by atoms with Crippen molar-refractivity contribution in [3.63, 3.8) is 0 Å². The van der Waals surface area contributed by atoms with E-state index < -0.39 is 0 Å². The zero-order chi connectivity index (χ0) is 15.8. The summed E-state index contributed by atoms with van der Waals surface area (Å²) in [7, 11) is 1.69. The number of benzene rings is 2. The summed E-state index contributed by atoms with van der Waals surface area (Å²) in [6.07, 6.45) is 1.00. The van der Waals surface area contributed by atoms with Gasteiger partial charge in [0.1, 0.15) is 11.5 Å². The van der Waals surface area contributed by atoms with E-state index in [-0.39, 0.29) is 12.4 Å². The van der Waals surface area contributed by atoms with Gasteiger partial charge in [0.25, 0.3) is 0 Å². The molecule has 0 spiro atoms. The lowest BCUT2D eigenvalue weighted by Gasteiger charge is -2.09. The molecule has 0 aliphatic heterocycles. The summed E-state index contributed by atoms with van der Waals surface area (Å²) in [5, 5.41) is 3.46. The lowest BCUT2D eigenvalue weighted by Crippen LogP contribution is -2.16. The van der Waals surface area contributed by atoms with E-state index in [9.17, 15) is 0 Å². The molecule has 0 fully saturated rings. The van der Waals surface area contributed by atoms with Crippen molar-refractivity contribution in [2.45, 2.75) is 19.9 Å². The predicted molar refractivity (Wildman–Crippen MR) is 101 cm³/mol. The third-order valence-electron chi connectivity index (χ3n) is 3.37. The Labute approximate surface area is 152 Å². The van der Waals surface area contributed by atoms with Crippen LogP contribution in [0.25, 0.3) is 0 Å². The topological polar surface area (TPSA) is 30.5 Å². The molecule has 0 saturated carbocycles. The number of ether oxygens (including phenoxy) is 2. The molecule has 0 saturated heterocycles. The SMILES string of the molecule is CCOc1ccc(CNCCc2ccc(OC)cc2)cc1Br.Cl. The minimum atomic E-state index is 0. The van der Waals surface area contributed by atoms with Crippen LogP contribution in [-0.4, -0.2) is 20.3 Å². The molecule has 0 unspecified atom stereocenters. The van der Waals surface area contributed by atoms with Crippen LogP contribution >= 0.6 is 28.3 Å². The molecule has 2 aromatic rings. The lowest BCUT2D eigenvalue weighted by atomic mass is 10.1. The molecule has 23 heavy (non-hydrogen) atoms. The lowest BCUT2D eigenvalue weighted by molar-refractivity contribution is 0.338. The number of hydrogen-bond donors (Lipinski definition) is 1. The summed E-state index contributed by atoms with van der Waals surface area (Å²) < 4.78 is 11.7. The Bertz CT molecular complexity index is 590. The second-order valence-electron chi connectivity index (χ2n) is 4.97. The Morgan fingerprint density at radius 2 is 1.74 bits per heavy atom. The third-order valence-corrected chi connectivity index (χ3v) is 3.99. The molecule has 126 valence electrons. The largest absolute Gasteiger partial charge is 0.497 e. The normalized spacial score (nSPS) is 10.0. The second kappa shape index (κ2) is 10.5. The van der Waals surface area contributed by atoms with Gasteiger partial charge >= 0.3 is 0 Å². The van der Waals surface area contributed by atoms with Crippen LogP contribution in [0.1, 0.15) is 18.1 Å². The molecule has 0 heterocycles. The van der Waals surface area contributed by atoms with E-state index in [1.807, 2.05) is 25.1 Å². The molecular formula is C18H23BrClNO2. The first-order valence-electron chi connectivity index (χ1n) is 7.47. The van der Waals surface area contributed by atoms with Crippen molar-refractivity contribution < 1.29 is 9.47 Å². The van der Waals surface area contributed by atoms with Gasteiger partial charge in [0.05, 0.1) is 18.2 Å². The fourth-order valence-corrected chi connectivity index (χ4v) is 2.73. The Morgan fingerprint density at radius 3 is 2.35 bits per heavy atom. The molecule has 3 nitrogen and oxygen atoms in total. The van der Waals surface area contributed by atoms with E-state index in [4.69, 9.17) is 9.47 Å². The van der Waals surface area contributed by atoms with Crippen molar-refractivity contribution in [1.82, 2.24) is 5.32 Å². The molecule has 2 aromatic carbocycles. The van der Waals surface area contributed by atoms with Gasteiger partial charge in [-0.3, -0.25) is 0 Å². The number of hydrogen-bond acceptors (Lipinski definition) is 3. The van der Waals surface area contributed by atoms with Crippen molar-refractivity contribution in [3.8, 4) is 11.5 Å². The van der Waals surface area contributed by atoms with Gasteiger partial charge in [0, 0.05) is 6.54 Å². The first-order chi connectivity index (χ1) is 10.7. The van der Waals surface area contributed by atoms with E-state index in [0.717, 1.165) is 35.5 Å². The van der Waals surface area contributed by atoms with Gasteiger partial charge in [-0.05, 0) is 71.2 Å². The highest BCUT2D eigenvalue weighted by molar-refractivity contribution is 9.10. The van der Waals surface area contributed by atoms with Crippen molar-refractivity contribution >= 4 is 28.3 Å². The van der Waals surface area contributed by atoms with Crippen LogP contribution in [0.15, 0.2) is 46.9 Å². The van der Waals surface area contributed by atoms with Crippen molar-refractivity contribution in [3.05, 3.63) is 58.1 Å². The minimum Gasteiger partial charge on any atom is -0.497 e. The maximum atomic E-state index is 5.52. The number of methoxy groups -OCH3 is 1. The average molecular weight is 401 g/mol. The number of nitrogens with one attached hydrogen (secondary N) is 1. The first-order valence-corrected chi connectivity index (χ1v) is 8.27. The summed E-state index contributed by atoms with van der Waals surface area (Å²) in [6, 6.07) is 14.4. The fourth-order valence-electron chi connectivity index (χ4n) is 2.18. The number of halogens is 2. The molecule has 5 heteroatoms. The standard InChI is InChI=1S/C18H22BrNO2.ClH/c1-3-22-18-9-6-15(12-17(18)19)13-20-11-10-14-4-7-16(21-2)8-5-14;/h4-9,12,20H,3,10-11,13H2,1-2H3;1H. The highest BCUT2D eigenvalue weighted by atomic mass is 79.9. The monoisotopic (exact) mass is 399 g/mol. The highest BCUT2D eigenvalue weighted by Crippen LogP contribution is 2.25. The van der Waals surface area contributed by atoms with Gasteiger partial charge in [-0.2, -0.15) is 0 Å². The second-order valence-corrected chi connectivity index (χ2v) is 5.83. The van der Waals surface area contributed by atoms with Crippen LogP contribution < -0.4 is 14.8 Å². The van der Waals surface area contributed by atoms with Gasteiger partial charge < -0.3 is 14.8 Å². The minimum absolute atomic E-state index is 0. The predicted octanol–water partition coefficient (Wildman–Crippen LogP) is 4.61. The van der Waals surface area contributed by atoms with Gasteiger partial charge in [0.2, 0.25) is 0 Å². The van der Waals surface area contributed by atoms with Crippen molar-refractivity contribution in [1.29, 1.82) is 0 Å². The molecule has 0 bridgehead atoms. The molecule has 0 amide bonds. The first kappa shape index (κ1) is 19.8. The van der Waals surface area contributed by atoms with Crippen LogP contribution in [0.2, 0.25) is 0 Å². The highest BCUT2D eigenvalue weighted by Gasteiger charge is 2.02. The molecule has 0 aliphatic rings. The van der Waals surface area contributed by atoms with Crippen molar-refractivity contribution in [2.24, 2.45) is 0 Å². The zero-order valence-electron chi connectivity index (χ0n) is 13.5. The Morgan fingerprint density at radius 1 is 1.04 bits per heavy atom. The van der Waals surface area contributed by atoms with Gasteiger partial charge in [-0.1, -0.05) is 18.2 Å². The summed E-state index contributed by atoms with van der Waals surface area (Å²) in [5.41, 5.74) is 2.55.